The Morgan fingerprint density at radius 2 is 2.11 bits per heavy atom. The van der Waals surface area contributed by atoms with Crippen LogP contribution in [0.15, 0.2) is 0 Å². The monoisotopic (exact) mass is 264 g/mol. The predicted octanol–water partition coefficient (Wildman–Crippen LogP) is 3.47. The van der Waals surface area contributed by atoms with Gasteiger partial charge in [-0.3, -0.25) is 4.90 Å². The van der Waals surface area contributed by atoms with Crippen molar-refractivity contribution in [1.82, 2.24) is 4.90 Å². The lowest BCUT2D eigenvalue weighted by molar-refractivity contribution is -0.00517. The lowest BCUT2D eigenvalue weighted by Crippen LogP contribution is -2.55. The molecule has 2 aliphatic rings. The van der Waals surface area contributed by atoms with Crippen molar-refractivity contribution < 1.29 is 9.53 Å². The van der Waals surface area contributed by atoms with Crippen molar-refractivity contribution in [3.05, 3.63) is 0 Å². The number of piperidine rings is 1. The van der Waals surface area contributed by atoms with Crippen LogP contribution in [0.1, 0.15) is 59.3 Å². The summed E-state index contributed by atoms with van der Waals surface area (Å²) in [6.45, 7) is 6.24. The van der Waals surface area contributed by atoms with Gasteiger partial charge in [0.2, 0.25) is 0 Å². The highest BCUT2D eigenvalue weighted by Gasteiger charge is 2.46. The fraction of sp³-hybridized carbons (Fsp3) is 0.867. The van der Waals surface area contributed by atoms with Gasteiger partial charge in [-0.15, -0.1) is 0 Å². The maximum Gasteiger partial charge on any atom is 0.411 e. The van der Waals surface area contributed by atoms with Crippen molar-refractivity contribution >= 4 is 6.09 Å². The van der Waals surface area contributed by atoms with Gasteiger partial charge in [-0.1, -0.05) is 12.8 Å². The number of hydrogen-bond acceptors (Lipinski definition) is 3. The SMILES string of the molecule is CC(C)(C)OC(=O)N1CCCCC1(C#N)CC1CC1. The maximum atomic E-state index is 12.3. The average molecular weight is 264 g/mol. The van der Waals surface area contributed by atoms with Gasteiger partial charge in [0, 0.05) is 6.54 Å². The van der Waals surface area contributed by atoms with Crippen LogP contribution in [0.5, 0.6) is 0 Å². The van der Waals surface area contributed by atoms with Gasteiger partial charge in [0.25, 0.3) is 0 Å². The van der Waals surface area contributed by atoms with E-state index in [1.807, 2.05) is 20.8 Å². The highest BCUT2D eigenvalue weighted by molar-refractivity contribution is 5.70. The highest BCUT2D eigenvalue weighted by atomic mass is 16.6. The first-order chi connectivity index (χ1) is 8.86. The van der Waals surface area contributed by atoms with Crippen molar-refractivity contribution in [2.75, 3.05) is 6.54 Å². The molecule has 0 aromatic rings. The van der Waals surface area contributed by atoms with Crippen LogP contribution >= 0.6 is 0 Å². The molecule has 2 rings (SSSR count). The Labute approximate surface area is 115 Å². The van der Waals surface area contributed by atoms with E-state index in [0.717, 1.165) is 25.7 Å². The molecule has 0 aromatic carbocycles. The van der Waals surface area contributed by atoms with E-state index in [2.05, 4.69) is 6.07 Å². The fourth-order valence-corrected chi connectivity index (χ4v) is 2.79. The molecule has 1 aliphatic heterocycles. The molecule has 1 aliphatic carbocycles. The lowest BCUT2D eigenvalue weighted by Gasteiger charge is -2.42. The van der Waals surface area contributed by atoms with E-state index in [9.17, 15) is 10.1 Å². The summed E-state index contributed by atoms with van der Waals surface area (Å²) in [6.07, 6.45) is 5.68. The minimum Gasteiger partial charge on any atom is -0.444 e. The van der Waals surface area contributed by atoms with Crippen molar-refractivity contribution in [2.24, 2.45) is 5.92 Å². The second kappa shape index (κ2) is 5.03. The topological polar surface area (TPSA) is 53.3 Å². The van der Waals surface area contributed by atoms with Crippen LogP contribution in [0.3, 0.4) is 0 Å². The summed E-state index contributed by atoms with van der Waals surface area (Å²) in [5.74, 6) is 0.627. The molecule has 1 saturated heterocycles. The normalized spacial score (nSPS) is 27.8. The first-order valence-corrected chi connectivity index (χ1v) is 7.28. The molecule has 0 bridgehead atoms. The molecule has 0 N–H and O–H groups in total. The average Bonchev–Trinajstić information content (AvgIpc) is 3.11. The Kier molecular flexibility index (Phi) is 3.75. The summed E-state index contributed by atoms with van der Waals surface area (Å²) in [7, 11) is 0. The molecular formula is C15H24N2O2. The molecule has 0 spiro atoms. The van der Waals surface area contributed by atoms with Crippen LogP contribution in [-0.4, -0.2) is 28.7 Å². The standard InChI is InChI=1S/C15H24N2O2/c1-14(2,3)19-13(18)17-9-5-4-8-15(17,11-16)10-12-6-7-12/h12H,4-10H2,1-3H3. The number of hydrogen-bond donors (Lipinski definition) is 0. The molecule has 1 amide bonds. The van der Waals surface area contributed by atoms with Gasteiger partial charge in [0.05, 0.1) is 6.07 Å². The van der Waals surface area contributed by atoms with E-state index in [4.69, 9.17) is 4.74 Å². The predicted molar refractivity (Wildman–Crippen MR) is 72.5 cm³/mol. The molecule has 4 nitrogen and oxygen atoms in total. The molecule has 1 unspecified atom stereocenters. The second-order valence-electron chi connectivity index (χ2n) is 6.88. The number of carbonyl (C=O) groups excluding carboxylic acids is 1. The minimum atomic E-state index is -0.623. The van der Waals surface area contributed by atoms with Crippen LogP contribution in [0.25, 0.3) is 0 Å². The first kappa shape index (κ1) is 14.2. The number of carbonyl (C=O) groups is 1. The molecule has 2 fully saturated rings. The summed E-state index contributed by atoms with van der Waals surface area (Å²) in [5.41, 5.74) is -1.13. The molecular weight excluding hydrogens is 240 g/mol. The summed E-state index contributed by atoms with van der Waals surface area (Å²) in [6, 6.07) is 2.43. The van der Waals surface area contributed by atoms with E-state index in [0.29, 0.717) is 12.5 Å². The van der Waals surface area contributed by atoms with E-state index < -0.39 is 11.1 Å². The number of rotatable bonds is 2. The molecule has 1 saturated carbocycles. The molecule has 0 radical (unpaired) electrons. The zero-order chi connectivity index (χ0) is 14.1. The number of ether oxygens (including phenoxy) is 1. The van der Waals surface area contributed by atoms with Crippen LogP contribution in [0.2, 0.25) is 0 Å². The third kappa shape index (κ3) is 3.40. The van der Waals surface area contributed by atoms with Crippen molar-refractivity contribution in [3.8, 4) is 6.07 Å². The summed E-state index contributed by atoms with van der Waals surface area (Å²) >= 11 is 0. The van der Waals surface area contributed by atoms with Gasteiger partial charge in [-0.25, -0.2) is 4.79 Å². The van der Waals surface area contributed by atoms with Crippen LogP contribution in [0.4, 0.5) is 4.79 Å². The molecule has 19 heavy (non-hydrogen) atoms. The first-order valence-electron chi connectivity index (χ1n) is 7.28. The second-order valence-corrected chi connectivity index (χ2v) is 6.88. The molecule has 4 heteroatoms. The van der Waals surface area contributed by atoms with Gasteiger partial charge >= 0.3 is 6.09 Å². The van der Waals surface area contributed by atoms with E-state index in [1.54, 1.807) is 4.90 Å². The zero-order valence-electron chi connectivity index (χ0n) is 12.2. The largest absolute Gasteiger partial charge is 0.444 e. The van der Waals surface area contributed by atoms with Gasteiger partial charge in [-0.05, 0) is 52.4 Å². The van der Waals surface area contributed by atoms with E-state index in [1.165, 1.54) is 12.8 Å². The maximum absolute atomic E-state index is 12.3. The van der Waals surface area contributed by atoms with Crippen LogP contribution in [-0.2, 0) is 4.74 Å². The lowest BCUT2D eigenvalue weighted by atomic mass is 9.83. The van der Waals surface area contributed by atoms with Gasteiger partial charge in [-0.2, -0.15) is 5.26 Å². The van der Waals surface area contributed by atoms with Gasteiger partial charge in [0.15, 0.2) is 0 Å². The highest BCUT2D eigenvalue weighted by Crippen LogP contribution is 2.42. The smallest absolute Gasteiger partial charge is 0.411 e. The Morgan fingerprint density at radius 3 is 2.63 bits per heavy atom. The summed E-state index contributed by atoms with van der Waals surface area (Å²) < 4.78 is 5.47. The quantitative estimate of drug-likeness (QED) is 0.767. The van der Waals surface area contributed by atoms with Gasteiger partial charge < -0.3 is 4.74 Å². The molecule has 0 aromatic heterocycles. The van der Waals surface area contributed by atoms with Crippen molar-refractivity contribution in [2.45, 2.75) is 70.4 Å². The number of nitrogens with zero attached hydrogens (tertiary/aromatic N) is 2. The molecule has 106 valence electrons. The number of nitriles is 1. The Balaban J connectivity index is 2.14. The fourth-order valence-electron chi connectivity index (χ4n) is 2.79. The molecule has 1 atom stereocenters. The Morgan fingerprint density at radius 1 is 1.42 bits per heavy atom. The van der Waals surface area contributed by atoms with Crippen molar-refractivity contribution in [1.29, 1.82) is 5.26 Å². The van der Waals surface area contributed by atoms with Crippen molar-refractivity contribution in [3.63, 3.8) is 0 Å². The van der Waals surface area contributed by atoms with E-state index >= 15 is 0 Å². The number of amides is 1. The molecule has 1 heterocycles. The zero-order valence-corrected chi connectivity index (χ0v) is 12.2. The number of likely N-dealkylation sites (tertiary alicyclic amines) is 1. The van der Waals surface area contributed by atoms with Gasteiger partial charge in [0.1, 0.15) is 11.1 Å². The van der Waals surface area contributed by atoms with Crippen LogP contribution in [0, 0.1) is 17.2 Å². The Bertz CT molecular complexity index is 390. The summed E-state index contributed by atoms with van der Waals surface area (Å²) in [5, 5.41) is 9.64. The minimum absolute atomic E-state index is 0.325. The Hall–Kier alpha value is -1.24. The van der Waals surface area contributed by atoms with Crippen LogP contribution < -0.4 is 0 Å². The third-order valence-corrected chi connectivity index (χ3v) is 3.88. The summed E-state index contributed by atoms with van der Waals surface area (Å²) in [4.78, 5) is 14.0. The van der Waals surface area contributed by atoms with E-state index in [-0.39, 0.29) is 6.09 Å². The third-order valence-electron chi connectivity index (χ3n) is 3.88.